The second-order valence-electron chi connectivity index (χ2n) is 4.81. The van der Waals surface area contributed by atoms with E-state index in [-0.39, 0.29) is 12.0 Å². The fourth-order valence-corrected chi connectivity index (χ4v) is 3.23. The minimum Gasteiger partial charge on any atom is -0.598 e. The van der Waals surface area contributed by atoms with Gasteiger partial charge in [0.2, 0.25) is 0 Å². The van der Waals surface area contributed by atoms with Gasteiger partial charge < -0.3 is 9.35 Å². The number of rotatable bonds is 8. The number of hydrogen-bond donors (Lipinski definition) is 1. The van der Waals surface area contributed by atoms with Crippen LogP contribution in [0.3, 0.4) is 0 Å². The monoisotopic (exact) mass is 303 g/mol. The van der Waals surface area contributed by atoms with Crippen LogP contribution in [0.25, 0.3) is 0 Å². The molecule has 1 aromatic carbocycles. The molecule has 0 radical (unpaired) electrons. The lowest BCUT2D eigenvalue weighted by molar-refractivity contribution is -0.108. The van der Waals surface area contributed by atoms with Crippen LogP contribution in [0.1, 0.15) is 38.7 Å². The Bertz CT molecular complexity index is 459. The van der Waals surface area contributed by atoms with E-state index in [2.05, 4.69) is 4.72 Å². The van der Waals surface area contributed by atoms with Gasteiger partial charge in [-0.25, -0.2) is 8.78 Å². The van der Waals surface area contributed by atoms with E-state index in [9.17, 15) is 18.1 Å². The lowest BCUT2D eigenvalue weighted by Crippen LogP contribution is -2.45. The topological polar surface area (TPSA) is 52.2 Å². The highest BCUT2D eigenvalue weighted by Gasteiger charge is 2.34. The molecule has 0 amide bonds. The van der Waals surface area contributed by atoms with Crippen LogP contribution in [0.15, 0.2) is 18.2 Å². The molecule has 1 aromatic rings. The minimum atomic E-state index is -1.40. The summed E-state index contributed by atoms with van der Waals surface area (Å²) >= 11 is -1.40. The molecule has 0 spiro atoms. The third-order valence-corrected chi connectivity index (χ3v) is 4.40. The molecule has 0 aromatic heterocycles. The summed E-state index contributed by atoms with van der Waals surface area (Å²) in [6.07, 6.45) is 2.15. The smallest absolute Gasteiger partial charge is 0.164 e. The van der Waals surface area contributed by atoms with Crippen molar-refractivity contribution in [1.29, 1.82) is 0 Å². The second kappa shape index (κ2) is 7.71. The van der Waals surface area contributed by atoms with E-state index in [0.717, 1.165) is 18.9 Å². The fourth-order valence-electron chi connectivity index (χ4n) is 1.88. The Balaban J connectivity index is 3.01. The van der Waals surface area contributed by atoms with Crippen LogP contribution in [-0.2, 0) is 21.7 Å². The van der Waals surface area contributed by atoms with E-state index < -0.39 is 28.5 Å². The molecule has 0 saturated carbocycles. The molecule has 1 rings (SSSR count). The van der Waals surface area contributed by atoms with Gasteiger partial charge in [0.1, 0.15) is 12.0 Å². The van der Waals surface area contributed by atoms with Gasteiger partial charge in [-0.3, -0.25) is 0 Å². The molecular formula is C14H19F2NO2S. The van der Waals surface area contributed by atoms with E-state index in [1.807, 2.05) is 6.92 Å². The van der Waals surface area contributed by atoms with Crippen LogP contribution in [0, 0.1) is 11.6 Å². The van der Waals surface area contributed by atoms with Gasteiger partial charge in [-0.2, -0.15) is 0 Å². The first kappa shape index (κ1) is 17.1. The van der Waals surface area contributed by atoms with E-state index >= 15 is 0 Å². The number of carbonyl (C=O) groups is 1. The van der Waals surface area contributed by atoms with Gasteiger partial charge in [0.05, 0.1) is 5.54 Å². The SMILES string of the molecule is CCCC[S@@+]([O-])N[C@@](C)(CC=O)c1cccc(F)c1F. The summed E-state index contributed by atoms with van der Waals surface area (Å²) in [5.41, 5.74) is -1.18. The number of unbranched alkanes of at least 4 members (excludes halogenated alkanes) is 1. The van der Waals surface area contributed by atoms with Gasteiger partial charge in [0.25, 0.3) is 0 Å². The molecule has 0 aliphatic carbocycles. The van der Waals surface area contributed by atoms with E-state index in [0.29, 0.717) is 12.0 Å². The van der Waals surface area contributed by atoms with Crippen LogP contribution in [0.5, 0.6) is 0 Å². The van der Waals surface area contributed by atoms with E-state index in [4.69, 9.17) is 0 Å². The van der Waals surface area contributed by atoms with Crippen molar-refractivity contribution in [2.75, 3.05) is 5.75 Å². The van der Waals surface area contributed by atoms with E-state index in [1.54, 1.807) is 6.92 Å². The zero-order chi connectivity index (χ0) is 15.2. The van der Waals surface area contributed by atoms with Crippen LogP contribution in [-0.4, -0.2) is 16.6 Å². The van der Waals surface area contributed by atoms with Crippen molar-refractivity contribution in [2.24, 2.45) is 0 Å². The molecule has 1 N–H and O–H groups in total. The number of aldehydes is 1. The summed E-state index contributed by atoms with van der Waals surface area (Å²) in [6.45, 7) is 3.51. The molecule has 2 atom stereocenters. The van der Waals surface area contributed by atoms with Gasteiger partial charge >= 0.3 is 0 Å². The molecule has 3 nitrogen and oxygen atoms in total. The maximum Gasteiger partial charge on any atom is 0.164 e. The molecule has 20 heavy (non-hydrogen) atoms. The molecular weight excluding hydrogens is 284 g/mol. The van der Waals surface area contributed by atoms with Crippen molar-refractivity contribution in [3.05, 3.63) is 35.4 Å². The third kappa shape index (κ3) is 4.26. The fraction of sp³-hybridized carbons (Fsp3) is 0.500. The Hall–Kier alpha value is -0.980. The second-order valence-corrected chi connectivity index (χ2v) is 6.11. The van der Waals surface area contributed by atoms with Crippen LogP contribution in [0.2, 0.25) is 0 Å². The summed E-state index contributed by atoms with van der Waals surface area (Å²) in [5, 5.41) is 0. The van der Waals surface area contributed by atoms with Crippen molar-refractivity contribution in [2.45, 2.75) is 38.6 Å². The van der Waals surface area contributed by atoms with Crippen LogP contribution in [0.4, 0.5) is 8.78 Å². The van der Waals surface area contributed by atoms with Gasteiger partial charge in [0.15, 0.2) is 11.6 Å². The Labute approximate surface area is 121 Å². The molecule has 0 heterocycles. The molecule has 0 aliphatic heterocycles. The van der Waals surface area contributed by atoms with Crippen molar-refractivity contribution < 1.29 is 18.1 Å². The van der Waals surface area contributed by atoms with E-state index in [1.165, 1.54) is 12.1 Å². The van der Waals surface area contributed by atoms with Gasteiger partial charge in [0, 0.05) is 23.3 Å². The highest BCUT2D eigenvalue weighted by molar-refractivity contribution is 7.89. The standard InChI is InChI=1S/C14H19F2NO2S/c1-3-4-10-20(19)17-14(2,8-9-18)11-6-5-7-12(15)13(11)16/h5-7,9,17H,3-4,8,10H2,1-2H3/t14-,20+/m0/s1. The van der Waals surface area contributed by atoms with Crippen molar-refractivity contribution in [3.63, 3.8) is 0 Å². The molecule has 6 heteroatoms. The number of carbonyl (C=O) groups excluding carboxylic acids is 1. The Morgan fingerprint density at radius 1 is 1.45 bits per heavy atom. The molecule has 112 valence electrons. The maximum atomic E-state index is 13.9. The normalized spacial score (nSPS) is 15.7. The zero-order valence-electron chi connectivity index (χ0n) is 11.6. The Kier molecular flexibility index (Phi) is 6.58. The highest BCUT2D eigenvalue weighted by atomic mass is 32.2. The first-order valence-electron chi connectivity index (χ1n) is 6.49. The van der Waals surface area contributed by atoms with Gasteiger partial charge in [-0.05, 0) is 19.4 Å². The summed E-state index contributed by atoms with van der Waals surface area (Å²) in [6, 6.07) is 3.77. The lowest BCUT2D eigenvalue weighted by atomic mass is 9.90. The lowest BCUT2D eigenvalue weighted by Gasteiger charge is -2.29. The van der Waals surface area contributed by atoms with Crippen LogP contribution >= 0.6 is 0 Å². The first-order chi connectivity index (χ1) is 9.44. The summed E-state index contributed by atoms with van der Waals surface area (Å²) in [5.74, 6) is -1.60. The van der Waals surface area contributed by atoms with Crippen LogP contribution < -0.4 is 4.72 Å². The van der Waals surface area contributed by atoms with Crippen molar-refractivity contribution in [3.8, 4) is 0 Å². The Morgan fingerprint density at radius 3 is 2.75 bits per heavy atom. The number of halogens is 2. The zero-order valence-corrected chi connectivity index (χ0v) is 12.4. The minimum absolute atomic E-state index is 0.00875. The maximum absolute atomic E-state index is 13.9. The highest BCUT2D eigenvalue weighted by Crippen LogP contribution is 2.28. The largest absolute Gasteiger partial charge is 0.598 e. The number of nitrogens with one attached hydrogen (secondary N) is 1. The average molecular weight is 303 g/mol. The summed E-state index contributed by atoms with van der Waals surface area (Å²) < 4.78 is 41.9. The average Bonchev–Trinajstić information content (AvgIpc) is 2.39. The number of hydrogen-bond acceptors (Lipinski definition) is 3. The summed E-state index contributed by atoms with van der Waals surface area (Å²) in [7, 11) is 0. The quantitative estimate of drug-likeness (QED) is 0.593. The molecule has 0 bridgehead atoms. The predicted octanol–water partition coefficient (Wildman–Crippen LogP) is 2.82. The first-order valence-corrected chi connectivity index (χ1v) is 7.80. The van der Waals surface area contributed by atoms with Crippen molar-refractivity contribution >= 4 is 17.6 Å². The third-order valence-electron chi connectivity index (χ3n) is 3.06. The molecule has 0 saturated heterocycles. The van der Waals surface area contributed by atoms with Crippen molar-refractivity contribution in [1.82, 2.24) is 4.72 Å². The molecule has 0 aliphatic rings. The van der Waals surface area contributed by atoms with Gasteiger partial charge in [-0.1, -0.05) is 25.5 Å². The predicted molar refractivity (Wildman–Crippen MR) is 75.4 cm³/mol. The summed E-state index contributed by atoms with van der Waals surface area (Å²) in [4.78, 5) is 10.8. The van der Waals surface area contributed by atoms with Gasteiger partial charge in [-0.15, -0.1) is 4.72 Å². The molecule has 0 unspecified atom stereocenters. The molecule has 0 fully saturated rings. The number of benzene rings is 1. The Morgan fingerprint density at radius 2 is 2.15 bits per heavy atom.